The van der Waals surface area contributed by atoms with Crippen molar-refractivity contribution >= 4 is 37.8 Å². The molecule has 0 spiro atoms. The van der Waals surface area contributed by atoms with Crippen LogP contribution in [0.1, 0.15) is 16.2 Å². The van der Waals surface area contributed by atoms with E-state index in [1.54, 1.807) is 0 Å². The van der Waals surface area contributed by atoms with Gasteiger partial charge in [-0.2, -0.15) is 0 Å². The Balaban J connectivity index is 2.52. The van der Waals surface area contributed by atoms with Gasteiger partial charge in [-0.25, -0.2) is 9.78 Å². The van der Waals surface area contributed by atoms with Crippen LogP contribution in [0.15, 0.2) is 31.6 Å². The first-order valence-corrected chi connectivity index (χ1v) is 7.17. The Morgan fingerprint density at radius 3 is 2.75 bits per heavy atom. The van der Waals surface area contributed by atoms with E-state index in [2.05, 4.69) is 41.6 Å². The predicted molar refractivity (Wildman–Crippen MR) is 79.4 cm³/mol. The number of aromatic nitrogens is 1. The van der Waals surface area contributed by atoms with Gasteiger partial charge in [-0.05, 0) is 34.1 Å². The van der Waals surface area contributed by atoms with E-state index in [-0.39, 0.29) is 12.4 Å². The molecule has 106 valence electrons. The van der Waals surface area contributed by atoms with Crippen molar-refractivity contribution in [2.45, 2.75) is 6.61 Å². The molecule has 0 amide bonds. The number of hydrogen-bond donors (Lipinski definition) is 0. The highest BCUT2D eigenvalue weighted by molar-refractivity contribution is 9.11. The molecule has 2 rings (SSSR count). The maximum absolute atomic E-state index is 11.7. The first-order chi connectivity index (χ1) is 9.56. The van der Waals surface area contributed by atoms with Crippen LogP contribution in [0, 0.1) is 0 Å². The minimum absolute atomic E-state index is 0.0521. The van der Waals surface area contributed by atoms with E-state index >= 15 is 0 Å². The molecule has 1 aromatic carbocycles. The van der Waals surface area contributed by atoms with E-state index in [1.807, 2.05) is 18.2 Å². The van der Waals surface area contributed by atoms with Gasteiger partial charge in [0, 0.05) is 16.1 Å². The molecular formula is C13H11Br2NO4. The number of nitrogens with zero attached hydrogens (tertiary/aromatic N) is 1. The molecule has 1 heterocycles. The molecule has 0 radical (unpaired) electrons. The molecule has 0 N–H and O–H groups in total. The summed E-state index contributed by atoms with van der Waals surface area (Å²) < 4.78 is 16.9. The second kappa shape index (κ2) is 6.51. The average molecular weight is 405 g/mol. The summed E-state index contributed by atoms with van der Waals surface area (Å²) >= 11 is 6.81. The number of carbonyl (C=O) groups is 1. The molecule has 0 aliphatic heterocycles. The zero-order valence-electron chi connectivity index (χ0n) is 10.8. The zero-order chi connectivity index (χ0) is 14.7. The van der Waals surface area contributed by atoms with Crippen LogP contribution in [0.4, 0.5) is 0 Å². The molecule has 2 aromatic rings. The Hall–Kier alpha value is -1.18. The monoisotopic (exact) mass is 403 g/mol. The Labute approximate surface area is 132 Å². The number of esters is 1. The minimum atomic E-state index is -0.582. The number of carbonyl (C=O) groups excluding carboxylic acids is 1. The molecule has 7 heteroatoms. The SMILES string of the molecule is COCc1nc(-c2cc(Br)ccc2Br)oc1C(=O)OC. The zero-order valence-corrected chi connectivity index (χ0v) is 13.9. The topological polar surface area (TPSA) is 61.6 Å². The highest BCUT2D eigenvalue weighted by atomic mass is 79.9. The van der Waals surface area contributed by atoms with Gasteiger partial charge in [0.05, 0.1) is 19.3 Å². The maximum Gasteiger partial charge on any atom is 0.376 e. The lowest BCUT2D eigenvalue weighted by atomic mass is 10.2. The van der Waals surface area contributed by atoms with Crippen LogP contribution in [-0.4, -0.2) is 25.2 Å². The lowest BCUT2D eigenvalue weighted by Crippen LogP contribution is -2.04. The molecule has 20 heavy (non-hydrogen) atoms. The number of ether oxygens (including phenoxy) is 2. The van der Waals surface area contributed by atoms with Crippen LogP contribution >= 0.6 is 31.9 Å². The second-order valence-corrected chi connectivity index (χ2v) is 5.61. The van der Waals surface area contributed by atoms with E-state index < -0.39 is 5.97 Å². The summed E-state index contributed by atoms with van der Waals surface area (Å²) in [4.78, 5) is 16.0. The maximum atomic E-state index is 11.7. The summed E-state index contributed by atoms with van der Waals surface area (Å²) in [7, 11) is 2.81. The van der Waals surface area contributed by atoms with Crippen molar-refractivity contribution in [2.75, 3.05) is 14.2 Å². The molecule has 1 aromatic heterocycles. The largest absolute Gasteiger partial charge is 0.463 e. The third kappa shape index (κ3) is 3.11. The smallest absolute Gasteiger partial charge is 0.376 e. The average Bonchev–Trinajstić information content (AvgIpc) is 2.85. The Morgan fingerprint density at radius 2 is 2.10 bits per heavy atom. The van der Waals surface area contributed by atoms with Crippen LogP contribution in [-0.2, 0) is 16.1 Å². The van der Waals surface area contributed by atoms with Gasteiger partial charge in [-0.15, -0.1) is 0 Å². The van der Waals surface area contributed by atoms with Gasteiger partial charge < -0.3 is 13.9 Å². The summed E-state index contributed by atoms with van der Waals surface area (Å²) in [5.74, 6) is -0.205. The van der Waals surface area contributed by atoms with Gasteiger partial charge in [-0.3, -0.25) is 0 Å². The second-order valence-electron chi connectivity index (χ2n) is 3.84. The van der Waals surface area contributed by atoms with Crippen LogP contribution in [0.2, 0.25) is 0 Å². The summed E-state index contributed by atoms with van der Waals surface area (Å²) in [6, 6.07) is 5.58. The van der Waals surface area contributed by atoms with E-state index in [0.29, 0.717) is 11.6 Å². The molecule has 0 aliphatic carbocycles. The highest BCUT2D eigenvalue weighted by Crippen LogP contribution is 2.32. The lowest BCUT2D eigenvalue weighted by Gasteiger charge is -2.00. The van der Waals surface area contributed by atoms with E-state index in [9.17, 15) is 4.79 Å². The minimum Gasteiger partial charge on any atom is -0.463 e. The Kier molecular flexibility index (Phi) is 4.95. The van der Waals surface area contributed by atoms with Crippen molar-refractivity contribution < 1.29 is 18.7 Å². The number of rotatable bonds is 4. The third-order valence-electron chi connectivity index (χ3n) is 2.51. The predicted octanol–water partition coefficient (Wildman–Crippen LogP) is 3.80. The van der Waals surface area contributed by atoms with Gasteiger partial charge in [0.1, 0.15) is 5.69 Å². The van der Waals surface area contributed by atoms with Gasteiger partial charge in [0.15, 0.2) is 0 Å². The number of methoxy groups -OCH3 is 2. The molecule has 0 bridgehead atoms. The molecule has 5 nitrogen and oxygen atoms in total. The number of hydrogen-bond acceptors (Lipinski definition) is 5. The molecule has 0 atom stereocenters. The quantitative estimate of drug-likeness (QED) is 0.725. The van der Waals surface area contributed by atoms with Crippen molar-refractivity contribution in [3.8, 4) is 11.5 Å². The van der Waals surface area contributed by atoms with Crippen molar-refractivity contribution in [3.63, 3.8) is 0 Å². The van der Waals surface area contributed by atoms with Crippen molar-refractivity contribution in [1.29, 1.82) is 0 Å². The first kappa shape index (κ1) is 15.2. The Bertz CT molecular complexity index is 639. The summed E-state index contributed by atoms with van der Waals surface area (Å²) in [6.07, 6.45) is 0. The summed E-state index contributed by atoms with van der Waals surface area (Å²) in [5.41, 5.74) is 1.13. The highest BCUT2D eigenvalue weighted by Gasteiger charge is 2.22. The van der Waals surface area contributed by atoms with Gasteiger partial charge in [0.25, 0.3) is 0 Å². The van der Waals surface area contributed by atoms with E-state index in [4.69, 9.17) is 9.15 Å². The Morgan fingerprint density at radius 1 is 1.35 bits per heavy atom. The van der Waals surface area contributed by atoms with Crippen LogP contribution in [0.25, 0.3) is 11.5 Å². The van der Waals surface area contributed by atoms with Gasteiger partial charge >= 0.3 is 5.97 Å². The standard InChI is InChI=1S/C13H11Br2NO4/c1-18-6-10-11(13(17)19-2)20-12(16-10)8-5-7(14)3-4-9(8)15/h3-5H,6H2,1-2H3. The van der Waals surface area contributed by atoms with Crippen molar-refractivity contribution in [2.24, 2.45) is 0 Å². The van der Waals surface area contributed by atoms with Crippen molar-refractivity contribution in [1.82, 2.24) is 4.98 Å². The normalized spacial score (nSPS) is 10.6. The molecule has 0 saturated carbocycles. The molecule has 0 unspecified atom stereocenters. The van der Waals surface area contributed by atoms with Gasteiger partial charge in [0.2, 0.25) is 11.7 Å². The van der Waals surface area contributed by atoms with Crippen molar-refractivity contribution in [3.05, 3.63) is 38.6 Å². The van der Waals surface area contributed by atoms with Crippen LogP contribution in [0.5, 0.6) is 0 Å². The van der Waals surface area contributed by atoms with E-state index in [0.717, 1.165) is 14.5 Å². The fraction of sp³-hybridized carbons (Fsp3) is 0.231. The van der Waals surface area contributed by atoms with Crippen LogP contribution < -0.4 is 0 Å². The van der Waals surface area contributed by atoms with Crippen LogP contribution in [0.3, 0.4) is 0 Å². The summed E-state index contributed by atoms with van der Waals surface area (Å²) in [6.45, 7) is 0.166. The number of halogens is 2. The van der Waals surface area contributed by atoms with E-state index in [1.165, 1.54) is 14.2 Å². The number of oxazole rings is 1. The molecular weight excluding hydrogens is 394 g/mol. The number of benzene rings is 1. The summed E-state index contributed by atoms with van der Waals surface area (Å²) in [5, 5.41) is 0. The molecule has 0 fully saturated rings. The fourth-order valence-corrected chi connectivity index (χ4v) is 2.39. The first-order valence-electron chi connectivity index (χ1n) is 5.59. The van der Waals surface area contributed by atoms with Gasteiger partial charge in [-0.1, -0.05) is 15.9 Å². The fourth-order valence-electron chi connectivity index (χ4n) is 1.62. The third-order valence-corrected chi connectivity index (χ3v) is 3.69. The molecule has 0 saturated heterocycles. The molecule has 0 aliphatic rings. The lowest BCUT2D eigenvalue weighted by molar-refractivity contribution is 0.0559.